The molecule has 60 heavy (non-hydrogen) atoms. The average molecular weight is 841 g/mol. The molecule has 0 aliphatic rings. The van der Waals surface area contributed by atoms with Gasteiger partial charge in [0.1, 0.15) is 5.69 Å². The second kappa shape index (κ2) is 16.9. The molecule has 0 atom stereocenters. The minimum absolute atomic E-state index is 0.0111. The number of halogens is 12. The van der Waals surface area contributed by atoms with Crippen molar-refractivity contribution < 1.29 is 57.5 Å². The molecule has 1 N–H and O–H groups in total. The number of nitrogens with zero attached hydrogens (tertiary/aromatic N) is 1. The van der Waals surface area contributed by atoms with Crippen molar-refractivity contribution in [2.75, 3.05) is 0 Å². The number of rotatable bonds is 9. The number of amides is 1. The number of hydrogen-bond acceptors (Lipinski definition) is 2. The first-order valence-corrected chi connectivity index (χ1v) is 17.6. The molecule has 5 aromatic carbocycles. The van der Waals surface area contributed by atoms with E-state index in [-0.39, 0.29) is 62.3 Å². The Morgan fingerprint density at radius 3 is 1.17 bits per heavy atom. The molecule has 1 amide bonds. The summed E-state index contributed by atoms with van der Waals surface area (Å²) in [7, 11) is 0. The third-order valence-corrected chi connectivity index (χ3v) is 9.22. The fourth-order valence-corrected chi connectivity index (χ4v) is 6.22. The van der Waals surface area contributed by atoms with Gasteiger partial charge in [-0.3, -0.25) is 9.78 Å². The highest BCUT2D eigenvalue weighted by Crippen LogP contribution is 2.39. The molecule has 15 heteroatoms. The summed E-state index contributed by atoms with van der Waals surface area (Å²) in [6.45, 7) is -0.364. The zero-order valence-corrected chi connectivity index (χ0v) is 30.5. The maximum Gasteiger partial charge on any atom is 0.416 e. The van der Waals surface area contributed by atoms with Crippen LogP contribution in [0.15, 0.2) is 140 Å². The summed E-state index contributed by atoms with van der Waals surface area (Å²) in [6.07, 6.45) is -14.6. The predicted molar refractivity (Wildman–Crippen MR) is 202 cm³/mol. The third kappa shape index (κ3) is 10.3. The minimum Gasteiger partial charge on any atom is -0.347 e. The van der Waals surface area contributed by atoms with E-state index in [9.17, 15) is 57.5 Å². The van der Waals surface area contributed by atoms with Crippen LogP contribution in [-0.2, 0) is 31.2 Å². The molecule has 1 aromatic heterocycles. The van der Waals surface area contributed by atoms with Crippen molar-refractivity contribution in [3.05, 3.63) is 207 Å². The number of benzene rings is 5. The molecule has 0 saturated heterocycles. The highest BCUT2D eigenvalue weighted by molar-refractivity contribution is 5.98. The van der Waals surface area contributed by atoms with Gasteiger partial charge in [-0.1, -0.05) is 72.8 Å². The van der Waals surface area contributed by atoms with Gasteiger partial charge in [-0.2, -0.15) is 52.7 Å². The van der Waals surface area contributed by atoms with Gasteiger partial charge in [-0.25, -0.2) is 0 Å². The van der Waals surface area contributed by atoms with Gasteiger partial charge in [-0.15, -0.1) is 0 Å². The Kier molecular flexibility index (Phi) is 12.1. The molecule has 0 aliphatic heterocycles. The van der Waals surface area contributed by atoms with Gasteiger partial charge in [0.25, 0.3) is 5.91 Å². The first-order chi connectivity index (χ1) is 28.2. The van der Waals surface area contributed by atoms with Crippen LogP contribution in [-0.4, -0.2) is 10.9 Å². The van der Waals surface area contributed by atoms with Gasteiger partial charge in [0, 0.05) is 12.7 Å². The molecule has 0 fully saturated rings. The van der Waals surface area contributed by atoms with E-state index in [4.69, 9.17) is 0 Å². The lowest BCUT2D eigenvalue weighted by atomic mass is 9.85. The van der Waals surface area contributed by atoms with Crippen LogP contribution >= 0.6 is 0 Å². The Labute approximate surface area is 334 Å². The SMILES string of the molecule is O=C(NCc1c(/C(=C/c2ccc(C(F)(F)F)cc2)c2ccc(C(F)(F)F)cc2)cccc1/C(=C/c1ccc(C(F)(F)F)cc1)c1ccc(C(F)(F)F)cc1)c1ccccn1. The topological polar surface area (TPSA) is 42.0 Å². The van der Waals surface area contributed by atoms with Gasteiger partial charge in [0.2, 0.25) is 0 Å². The second-order valence-corrected chi connectivity index (χ2v) is 13.2. The molecule has 0 unspecified atom stereocenters. The average Bonchev–Trinajstić information content (AvgIpc) is 3.20. The summed E-state index contributed by atoms with van der Waals surface area (Å²) >= 11 is 0. The van der Waals surface area contributed by atoms with E-state index < -0.39 is 52.9 Å². The van der Waals surface area contributed by atoms with Crippen molar-refractivity contribution in [3.63, 3.8) is 0 Å². The Morgan fingerprint density at radius 2 is 0.833 bits per heavy atom. The van der Waals surface area contributed by atoms with Crippen LogP contribution in [0, 0.1) is 0 Å². The van der Waals surface area contributed by atoms with Crippen molar-refractivity contribution in [2.45, 2.75) is 31.2 Å². The van der Waals surface area contributed by atoms with E-state index >= 15 is 0 Å². The fourth-order valence-electron chi connectivity index (χ4n) is 6.22. The molecule has 1 heterocycles. The van der Waals surface area contributed by atoms with Crippen LogP contribution in [0.1, 0.15) is 71.7 Å². The molecule has 0 spiro atoms. The summed E-state index contributed by atoms with van der Waals surface area (Å²) in [4.78, 5) is 17.4. The van der Waals surface area contributed by atoms with Crippen LogP contribution in [0.3, 0.4) is 0 Å². The quantitative estimate of drug-likeness (QED) is 0.116. The lowest BCUT2D eigenvalue weighted by molar-refractivity contribution is -0.138. The van der Waals surface area contributed by atoms with E-state index in [1.807, 2.05) is 0 Å². The maximum absolute atomic E-state index is 13.7. The number of carbonyl (C=O) groups excluding carboxylic acids is 1. The Morgan fingerprint density at radius 1 is 0.467 bits per heavy atom. The molecule has 0 aliphatic carbocycles. The first kappa shape index (κ1) is 43.0. The smallest absolute Gasteiger partial charge is 0.347 e. The molecule has 6 aromatic rings. The number of carbonyl (C=O) groups is 1. The van der Waals surface area contributed by atoms with Gasteiger partial charge >= 0.3 is 24.7 Å². The van der Waals surface area contributed by atoms with Crippen molar-refractivity contribution >= 4 is 29.2 Å². The third-order valence-electron chi connectivity index (χ3n) is 9.22. The molecule has 3 nitrogen and oxygen atoms in total. The van der Waals surface area contributed by atoms with Crippen LogP contribution in [0.5, 0.6) is 0 Å². The lowest BCUT2D eigenvalue weighted by Crippen LogP contribution is -2.25. The normalized spacial score (nSPS) is 13.0. The second-order valence-electron chi connectivity index (χ2n) is 13.2. The predicted octanol–water partition coefficient (Wildman–Crippen LogP) is 13.3. The van der Waals surface area contributed by atoms with E-state index in [0.29, 0.717) is 0 Å². The van der Waals surface area contributed by atoms with Crippen molar-refractivity contribution in [1.29, 1.82) is 0 Å². The van der Waals surface area contributed by atoms with Crippen LogP contribution in [0.2, 0.25) is 0 Å². The summed E-state index contributed by atoms with van der Waals surface area (Å²) < 4.78 is 163. The van der Waals surface area contributed by atoms with E-state index in [1.54, 1.807) is 12.1 Å². The first-order valence-electron chi connectivity index (χ1n) is 17.6. The monoisotopic (exact) mass is 840 g/mol. The molecule has 6 rings (SSSR count). The van der Waals surface area contributed by atoms with E-state index in [2.05, 4.69) is 10.3 Å². The minimum atomic E-state index is -4.73. The van der Waals surface area contributed by atoms with Gasteiger partial charge in [-0.05, 0) is 123 Å². The summed E-state index contributed by atoms with van der Waals surface area (Å²) in [5.41, 5.74) is -2.27. The molecular formula is C45H28F12N2O. The highest BCUT2D eigenvalue weighted by Gasteiger charge is 2.33. The summed E-state index contributed by atoms with van der Waals surface area (Å²) in [5.74, 6) is -0.679. The molecular weight excluding hydrogens is 812 g/mol. The number of aromatic nitrogens is 1. The van der Waals surface area contributed by atoms with Gasteiger partial charge in [0.05, 0.1) is 22.3 Å². The molecule has 0 bridgehead atoms. The van der Waals surface area contributed by atoms with Crippen molar-refractivity contribution in [3.8, 4) is 0 Å². The number of pyridine rings is 1. The Balaban J connectivity index is 1.62. The van der Waals surface area contributed by atoms with Crippen LogP contribution < -0.4 is 5.32 Å². The van der Waals surface area contributed by atoms with Crippen molar-refractivity contribution in [1.82, 2.24) is 10.3 Å². The van der Waals surface area contributed by atoms with Crippen LogP contribution in [0.25, 0.3) is 23.3 Å². The largest absolute Gasteiger partial charge is 0.416 e. The van der Waals surface area contributed by atoms with E-state index in [0.717, 1.165) is 97.1 Å². The summed E-state index contributed by atoms with van der Waals surface area (Å²) in [6, 6.07) is 24.8. The van der Waals surface area contributed by atoms with Crippen LogP contribution in [0.4, 0.5) is 52.7 Å². The number of nitrogens with one attached hydrogen (secondary N) is 1. The lowest BCUT2D eigenvalue weighted by Gasteiger charge is -2.21. The summed E-state index contributed by atoms with van der Waals surface area (Å²) in [5, 5.41) is 2.74. The van der Waals surface area contributed by atoms with E-state index in [1.165, 1.54) is 42.6 Å². The Bertz CT molecular complexity index is 2350. The Hall–Kier alpha value is -6.64. The maximum atomic E-state index is 13.7. The van der Waals surface area contributed by atoms with Gasteiger partial charge < -0.3 is 5.32 Å². The zero-order valence-electron chi connectivity index (χ0n) is 30.5. The molecule has 0 saturated carbocycles. The fraction of sp³-hybridized carbons (Fsp3) is 0.111. The highest BCUT2D eigenvalue weighted by atomic mass is 19.4. The molecule has 0 radical (unpaired) electrons. The number of hydrogen-bond donors (Lipinski definition) is 1. The molecule has 308 valence electrons. The van der Waals surface area contributed by atoms with Crippen molar-refractivity contribution in [2.24, 2.45) is 0 Å². The standard InChI is InChI=1S/C45H28F12N2O/c46-42(47,48)31-15-7-27(8-16-31)24-37(29-11-19-33(20-12-29)44(52,53)54)35-4-3-5-36(39(35)26-59-41(60)40-6-1-2-23-58-40)38(30-13-21-34(22-14-30)45(55,56)57)25-28-9-17-32(18-10-28)43(49,50)51/h1-25H,26H2,(H,59,60)/b37-24+,38-25+. The van der Waals surface area contributed by atoms with Gasteiger partial charge in [0.15, 0.2) is 0 Å². The number of alkyl halides is 12. The zero-order chi connectivity index (χ0) is 43.5.